The maximum atomic E-state index is 12.5. The number of furan rings is 1. The van der Waals surface area contributed by atoms with Crippen molar-refractivity contribution in [2.45, 2.75) is 6.17 Å². The molecular formula is C21H12Cl3N3O2S. The monoisotopic (exact) mass is 475 g/mol. The van der Waals surface area contributed by atoms with Crippen LogP contribution in [0.15, 0.2) is 69.6 Å². The molecule has 1 aliphatic heterocycles. The lowest BCUT2D eigenvalue weighted by molar-refractivity contribution is -0.118. The summed E-state index contributed by atoms with van der Waals surface area (Å²) >= 11 is 23.0. The van der Waals surface area contributed by atoms with Crippen LogP contribution in [0, 0.1) is 11.3 Å². The van der Waals surface area contributed by atoms with Crippen LogP contribution >= 0.6 is 47.4 Å². The van der Waals surface area contributed by atoms with Crippen molar-refractivity contribution in [3.63, 3.8) is 0 Å². The van der Waals surface area contributed by atoms with Crippen molar-refractivity contribution in [1.29, 1.82) is 5.26 Å². The van der Waals surface area contributed by atoms with Crippen LogP contribution in [0.4, 0.5) is 5.69 Å². The first-order valence-corrected chi connectivity index (χ1v) is 10.2. The number of amides is 1. The minimum Gasteiger partial charge on any atom is -0.457 e. The Morgan fingerprint density at radius 1 is 1.03 bits per heavy atom. The molecule has 1 aromatic heterocycles. The second kappa shape index (κ2) is 8.29. The Kier molecular flexibility index (Phi) is 5.72. The second-order valence-electron chi connectivity index (χ2n) is 6.33. The first-order chi connectivity index (χ1) is 14.4. The Labute approximate surface area is 192 Å². The minimum absolute atomic E-state index is 0.106. The molecule has 1 unspecified atom stereocenters. The van der Waals surface area contributed by atoms with Crippen LogP contribution in [-0.2, 0) is 4.79 Å². The van der Waals surface area contributed by atoms with Gasteiger partial charge in [0.1, 0.15) is 23.2 Å². The molecule has 1 N–H and O–H groups in total. The smallest absolute Gasteiger partial charge is 0.266 e. The van der Waals surface area contributed by atoms with Gasteiger partial charge in [0.2, 0.25) is 0 Å². The zero-order chi connectivity index (χ0) is 21.4. The van der Waals surface area contributed by atoms with Gasteiger partial charge in [-0.05, 0) is 48.5 Å². The lowest BCUT2D eigenvalue weighted by Gasteiger charge is -2.36. The van der Waals surface area contributed by atoms with Crippen molar-refractivity contribution < 1.29 is 9.21 Å². The van der Waals surface area contributed by atoms with Gasteiger partial charge in [-0.1, -0.05) is 40.9 Å². The van der Waals surface area contributed by atoms with Crippen LogP contribution in [0.3, 0.4) is 0 Å². The fraction of sp³-hybridized carbons (Fsp3) is 0.0476. The molecule has 1 amide bonds. The summed E-state index contributed by atoms with van der Waals surface area (Å²) < 4.78 is 6.02. The zero-order valence-corrected chi connectivity index (χ0v) is 18.2. The van der Waals surface area contributed by atoms with Gasteiger partial charge in [-0.25, -0.2) is 0 Å². The number of carbonyl (C=O) groups excluding carboxylic acids is 1. The zero-order valence-electron chi connectivity index (χ0n) is 15.1. The molecule has 0 bridgehead atoms. The van der Waals surface area contributed by atoms with Crippen LogP contribution in [0.5, 0.6) is 0 Å². The van der Waals surface area contributed by atoms with Crippen molar-refractivity contribution in [2.24, 2.45) is 0 Å². The van der Waals surface area contributed by atoms with Crippen molar-refractivity contribution in [1.82, 2.24) is 5.32 Å². The molecular weight excluding hydrogens is 465 g/mol. The summed E-state index contributed by atoms with van der Waals surface area (Å²) in [6, 6.07) is 17.4. The molecule has 3 aromatic rings. The number of hydrogen-bond donors (Lipinski definition) is 2. The molecule has 0 fully saturated rings. The summed E-state index contributed by atoms with van der Waals surface area (Å²) in [5.74, 6) is 0.306. The number of halogens is 3. The Morgan fingerprint density at radius 2 is 1.70 bits per heavy atom. The van der Waals surface area contributed by atoms with Crippen molar-refractivity contribution in [2.75, 3.05) is 4.90 Å². The van der Waals surface area contributed by atoms with Gasteiger partial charge in [0.05, 0.1) is 20.6 Å². The van der Waals surface area contributed by atoms with E-state index in [4.69, 9.17) is 39.2 Å². The highest BCUT2D eigenvalue weighted by molar-refractivity contribution is 7.84. The molecule has 0 radical (unpaired) electrons. The van der Waals surface area contributed by atoms with E-state index in [9.17, 15) is 10.1 Å². The molecule has 2 heterocycles. The van der Waals surface area contributed by atoms with Gasteiger partial charge < -0.3 is 14.6 Å². The number of carbonyl (C=O) groups is 1. The number of anilines is 1. The average Bonchev–Trinajstić information content (AvgIpc) is 3.18. The third-order valence-corrected chi connectivity index (χ3v) is 5.85. The van der Waals surface area contributed by atoms with Crippen LogP contribution in [0.2, 0.25) is 15.1 Å². The summed E-state index contributed by atoms with van der Waals surface area (Å²) in [4.78, 5) is 14.1. The third-order valence-electron chi connectivity index (χ3n) is 4.53. The molecule has 30 heavy (non-hydrogen) atoms. The van der Waals surface area contributed by atoms with Crippen molar-refractivity contribution >= 4 is 59.0 Å². The quantitative estimate of drug-likeness (QED) is 0.441. The van der Waals surface area contributed by atoms with Gasteiger partial charge in [-0.2, -0.15) is 5.26 Å². The van der Waals surface area contributed by atoms with E-state index >= 15 is 0 Å². The van der Waals surface area contributed by atoms with Gasteiger partial charge in [-0.15, -0.1) is 12.6 Å². The van der Waals surface area contributed by atoms with Gasteiger partial charge in [-0.3, -0.25) is 4.79 Å². The number of nitrogens with zero attached hydrogens (tertiary/aromatic N) is 2. The number of thiol groups is 1. The first-order valence-electron chi connectivity index (χ1n) is 8.64. The topological polar surface area (TPSA) is 69.3 Å². The molecule has 0 saturated heterocycles. The van der Waals surface area contributed by atoms with Crippen LogP contribution in [0.25, 0.3) is 11.3 Å². The maximum absolute atomic E-state index is 12.5. The molecule has 0 spiro atoms. The highest BCUT2D eigenvalue weighted by Crippen LogP contribution is 2.40. The summed E-state index contributed by atoms with van der Waals surface area (Å²) in [5.41, 5.74) is 1.10. The van der Waals surface area contributed by atoms with E-state index in [2.05, 4.69) is 17.9 Å². The summed E-state index contributed by atoms with van der Waals surface area (Å²) in [6.07, 6.45) is -0.752. The molecule has 4 rings (SSSR count). The second-order valence-corrected chi connectivity index (χ2v) is 8.01. The van der Waals surface area contributed by atoms with Gasteiger partial charge in [0.25, 0.3) is 5.91 Å². The summed E-state index contributed by atoms with van der Waals surface area (Å²) in [5, 5.41) is 13.8. The first kappa shape index (κ1) is 20.7. The third kappa shape index (κ3) is 3.66. The number of benzene rings is 2. The standard InChI is InChI=1S/C21H12Cl3N3O2S/c22-11-4-6-12(7-5-11)27-19(26-20(28)13(10-25)21(27)30)17-9-8-16(29-17)18-14(23)2-1-3-15(18)24/h1-9,19,30H,(H,26,28). The number of nitriles is 1. The van der Waals surface area contributed by atoms with Gasteiger partial charge in [0.15, 0.2) is 6.17 Å². The highest BCUT2D eigenvalue weighted by atomic mass is 35.5. The molecule has 1 atom stereocenters. The van der Waals surface area contributed by atoms with Gasteiger partial charge in [0, 0.05) is 10.7 Å². The highest BCUT2D eigenvalue weighted by Gasteiger charge is 2.36. The lowest BCUT2D eigenvalue weighted by Crippen LogP contribution is -2.45. The van der Waals surface area contributed by atoms with E-state index in [-0.39, 0.29) is 10.6 Å². The van der Waals surface area contributed by atoms with E-state index < -0.39 is 12.1 Å². The van der Waals surface area contributed by atoms with Crippen molar-refractivity contribution in [3.8, 4) is 17.4 Å². The van der Waals surface area contributed by atoms with E-state index in [0.29, 0.717) is 37.8 Å². The van der Waals surface area contributed by atoms with E-state index in [0.717, 1.165) is 0 Å². The number of hydrogen-bond acceptors (Lipinski definition) is 5. The molecule has 0 saturated carbocycles. The SMILES string of the molecule is N#CC1=C(S)N(c2ccc(Cl)cc2)C(c2ccc(-c3c(Cl)cccc3Cl)o2)NC1=O. The predicted octanol–water partition coefficient (Wildman–Crippen LogP) is 6.21. The van der Waals surface area contributed by atoms with Gasteiger partial charge >= 0.3 is 0 Å². The molecule has 9 heteroatoms. The van der Waals surface area contributed by atoms with E-state index in [1.807, 2.05) is 6.07 Å². The van der Waals surface area contributed by atoms with E-state index in [1.54, 1.807) is 59.5 Å². The van der Waals surface area contributed by atoms with Crippen LogP contribution in [0.1, 0.15) is 11.9 Å². The normalized spacial score (nSPS) is 16.4. The Morgan fingerprint density at radius 3 is 2.33 bits per heavy atom. The number of nitrogens with one attached hydrogen (secondary N) is 1. The fourth-order valence-corrected chi connectivity index (χ4v) is 4.24. The molecule has 1 aliphatic rings. The largest absolute Gasteiger partial charge is 0.457 e. The molecule has 5 nitrogen and oxygen atoms in total. The fourth-order valence-electron chi connectivity index (χ4n) is 3.14. The van der Waals surface area contributed by atoms with E-state index in [1.165, 1.54) is 0 Å². The van der Waals surface area contributed by atoms with Crippen molar-refractivity contribution in [3.05, 3.63) is 86.0 Å². The van der Waals surface area contributed by atoms with Crippen LogP contribution in [-0.4, -0.2) is 5.91 Å². The Bertz CT molecular complexity index is 1190. The Hall–Kier alpha value is -2.56. The molecule has 0 aliphatic carbocycles. The molecule has 150 valence electrons. The average molecular weight is 477 g/mol. The number of rotatable bonds is 3. The Balaban J connectivity index is 1.82. The molecule has 2 aromatic carbocycles. The summed E-state index contributed by atoms with van der Waals surface area (Å²) in [7, 11) is 0. The minimum atomic E-state index is -0.752. The lowest BCUT2D eigenvalue weighted by atomic mass is 10.1. The van der Waals surface area contributed by atoms with Crippen LogP contribution < -0.4 is 10.2 Å². The predicted molar refractivity (Wildman–Crippen MR) is 121 cm³/mol. The maximum Gasteiger partial charge on any atom is 0.266 e. The summed E-state index contributed by atoms with van der Waals surface area (Å²) in [6.45, 7) is 0.